The summed E-state index contributed by atoms with van der Waals surface area (Å²) in [6.45, 7) is 0. The molecule has 3 rings (SSSR count). The molecule has 0 radical (unpaired) electrons. The van der Waals surface area contributed by atoms with Crippen molar-refractivity contribution in [2.24, 2.45) is 0 Å². The molecular weight excluding hydrogens is 228 g/mol. The minimum Gasteiger partial charge on any atom is -0.361 e. The van der Waals surface area contributed by atoms with E-state index in [-0.39, 0.29) is 12.0 Å². The summed E-state index contributed by atoms with van der Waals surface area (Å²) in [5.74, 6) is -0.176. The van der Waals surface area contributed by atoms with E-state index in [1.807, 2.05) is 24.4 Å². The molecule has 1 aliphatic rings. The number of amides is 1. The summed E-state index contributed by atoms with van der Waals surface area (Å²) < 4.78 is 0. The fourth-order valence-corrected chi connectivity index (χ4v) is 2.40. The normalized spacial score (nSPS) is 16.2. The van der Waals surface area contributed by atoms with Crippen molar-refractivity contribution in [3.8, 4) is 0 Å². The Balaban J connectivity index is 1.67. The first-order chi connectivity index (χ1) is 8.83. The summed E-state index contributed by atoms with van der Waals surface area (Å²) in [4.78, 5) is 20.4. The van der Waals surface area contributed by atoms with Crippen LogP contribution in [0.5, 0.6) is 0 Å². The highest BCUT2D eigenvalue weighted by Gasteiger charge is 2.17. The molecular formula is C14H16N2O2. The van der Waals surface area contributed by atoms with Crippen LogP contribution in [0, 0.1) is 0 Å². The van der Waals surface area contributed by atoms with Crippen molar-refractivity contribution < 1.29 is 9.63 Å². The Hall–Kier alpha value is -1.81. The zero-order valence-electron chi connectivity index (χ0n) is 10.1. The van der Waals surface area contributed by atoms with Crippen LogP contribution in [0.25, 0.3) is 10.9 Å². The molecule has 1 saturated carbocycles. The molecule has 0 unspecified atom stereocenters. The molecule has 4 heteroatoms. The molecule has 0 saturated heterocycles. The van der Waals surface area contributed by atoms with Crippen LogP contribution in [0.3, 0.4) is 0 Å². The third-order valence-corrected chi connectivity index (χ3v) is 3.44. The van der Waals surface area contributed by atoms with Gasteiger partial charge in [0.25, 0.3) is 5.91 Å². The second-order valence-electron chi connectivity index (χ2n) is 4.74. The molecule has 1 fully saturated rings. The van der Waals surface area contributed by atoms with Crippen molar-refractivity contribution in [1.29, 1.82) is 0 Å². The van der Waals surface area contributed by atoms with Gasteiger partial charge in [0, 0.05) is 22.7 Å². The fraction of sp³-hybridized carbons (Fsp3) is 0.357. The summed E-state index contributed by atoms with van der Waals surface area (Å²) in [6.07, 6.45) is 6.51. The maximum Gasteiger partial charge on any atom is 0.274 e. The Morgan fingerprint density at radius 1 is 1.28 bits per heavy atom. The van der Waals surface area contributed by atoms with E-state index in [0.29, 0.717) is 5.56 Å². The van der Waals surface area contributed by atoms with Gasteiger partial charge in [-0.05, 0) is 37.1 Å². The van der Waals surface area contributed by atoms with Gasteiger partial charge in [0.2, 0.25) is 0 Å². The van der Waals surface area contributed by atoms with Gasteiger partial charge in [-0.2, -0.15) is 0 Å². The van der Waals surface area contributed by atoms with Gasteiger partial charge in [-0.1, -0.05) is 12.8 Å². The molecule has 0 spiro atoms. The van der Waals surface area contributed by atoms with Gasteiger partial charge in [-0.3, -0.25) is 9.63 Å². The maximum atomic E-state index is 11.9. The molecule has 0 bridgehead atoms. The minimum absolute atomic E-state index is 0.176. The topological polar surface area (TPSA) is 54.1 Å². The van der Waals surface area contributed by atoms with Crippen LogP contribution in [0.15, 0.2) is 30.5 Å². The lowest BCUT2D eigenvalue weighted by Gasteiger charge is -2.11. The van der Waals surface area contributed by atoms with E-state index in [1.165, 1.54) is 12.8 Å². The fourth-order valence-electron chi connectivity index (χ4n) is 2.40. The molecule has 2 aromatic rings. The van der Waals surface area contributed by atoms with Crippen LogP contribution in [0.2, 0.25) is 0 Å². The number of H-pyrrole nitrogens is 1. The number of fused-ring (bicyclic) bond motifs is 1. The van der Waals surface area contributed by atoms with Crippen molar-refractivity contribution >= 4 is 16.8 Å². The lowest BCUT2D eigenvalue weighted by atomic mass is 10.1. The Labute approximate surface area is 105 Å². The van der Waals surface area contributed by atoms with E-state index >= 15 is 0 Å². The summed E-state index contributed by atoms with van der Waals surface area (Å²) in [5, 5.41) is 1.03. The second kappa shape index (κ2) is 4.82. The molecule has 1 heterocycles. The molecule has 4 nitrogen and oxygen atoms in total. The van der Waals surface area contributed by atoms with Gasteiger partial charge in [0.05, 0.1) is 6.10 Å². The first-order valence-electron chi connectivity index (χ1n) is 6.36. The van der Waals surface area contributed by atoms with Crippen molar-refractivity contribution in [1.82, 2.24) is 10.5 Å². The SMILES string of the molecule is O=C(NOC1CCCC1)c1ccc2[nH]ccc2c1. The average molecular weight is 244 g/mol. The van der Waals surface area contributed by atoms with E-state index in [2.05, 4.69) is 10.5 Å². The molecule has 1 aromatic carbocycles. The molecule has 1 aliphatic carbocycles. The number of aromatic nitrogens is 1. The lowest BCUT2D eigenvalue weighted by Crippen LogP contribution is -2.28. The number of nitrogens with one attached hydrogen (secondary N) is 2. The van der Waals surface area contributed by atoms with Gasteiger partial charge in [-0.25, -0.2) is 5.48 Å². The maximum absolute atomic E-state index is 11.9. The van der Waals surface area contributed by atoms with Crippen LogP contribution < -0.4 is 5.48 Å². The summed E-state index contributed by atoms with van der Waals surface area (Å²) in [6, 6.07) is 7.51. The average Bonchev–Trinajstić information content (AvgIpc) is 3.05. The minimum atomic E-state index is -0.176. The number of hydrogen-bond donors (Lipinski definition) is 2. The summed E-state index contributed by atoms with van der Waals surface area (Å²) in [7, 11) is 0. The highest BCUT2D eigenvalue weighted by Crippen LogP contribution is 2.20. The van der Waals surface area contributed by atoms with Crippen molar-refractivity contribution in [2.75, 3.05) is 0 Å². The quantitative estimate of drug-likeness (QED) is 0.816. The predicted octanol–water partition coefficient (Wildman–Crippen LogP) is 2.77. The predicted molar refractivity (Wildman–Crippen MR) is 69.1 cm³/mol. The Morgan fingerprint density at radius 2 is 2.11 bits per heavy atom. The largest absolute Gasteiger partial charge is 0.361 e. The number of hydroxylamine groups is 1. The highest BCUT2D eigenvalue weighted by molar-refractivity contribution is 5.97. The van der Waals surface area contributed by atoms with Crippen LogP contribution in [-0.2, 0) is 4.84 Å². The molecule has 2 N–H and O–H groups in total. The Bertz CT molecular complexity index is 556. The molecule has 94 valence electrons. The molecule has 0 atom stereocenters. The van der Waals surface area contributed by atoms with Crippen molar-refractivity contribution in [2.45, 2.75) is 31.8 Å². The Morgan fingerprint density at radius 3 is 2.94 bits per heavy atom. The van der Waals surface area contributed by atoms with E-state index < -0.39 is 0 Å². The monoisotopic (exact) mass is 244 g/mol. The zero-order chi connectivity index (χ0) is 12.4. The number of carbonyl (C=O) groups excluding carboxylic acids is 1. The second-order valence-corrected chi connectivity index (χ2v) is 4.74. The summed E-state index contributed by atoms with van der Waals surface area (Å²) in [5.41, 5.74) is 4.20. The standard InChI is InChI=1S/C14H16N2O2/c17-14(16-18-12-3-1-2-4-12)11-5-6-13-10(9-11)7-8-15-13/h5-9,12,15H,1-4H2,(H,16,17). The van der Waals surface area contributed by atoms with Crippen LogP contribution in [-0.4, -0.2) is 17.0 Å². The van der Waals surface area contributed by atoms with E-state index in [4.69, 9.17) is 4.84 Å². The zero-order valence-corrected chi connectivity index (χ0v) is 10.1. The number of hydrogen-bond acceptors (Lipinski definition) is 2. The molecule has 1 aromatic heterocycles. The number of carbonyl (C=O) groups is 1. The smallest absolute Gasteiger partial charge is 0.274 e. The Kier molecular flexibility index (Phi) is 3.02. The van der Waals surface area contributed by atoms with Gasteiger partial charge in [0.15, 0.2) is 0 Å². The van der Waals surface area contributed by atoms with Gasteiger partial charge >= 0.3 is 0 Å². The van der Waals surface area contributed by atoms with E-state index in [0.717, 1.165) is 23.7 Å². The van der Waals surface area contributed by atoms with Gasteiger partial charge in [-0.15, -0.1) is 0 Å². The van der Waals surface area contributed by atoms with Gasteiger partial charge < -0.3 is 4.98 Å². The third-order valence-electron chi connectivity index (χ3n) is 3.44. The van der Waals surface area contributed by atoms with Crippen molar-refractivity contribution in [3.05, 3.63) is 36.0 Å². The van der Waals surface area contributed by atoms with Crippen LogP contribution in [0.1, 0.15) is 36.0 Å². The molecule has 1 amide bonds. The number of benzene rings is 1. The first-order valence-corrected chi connectivity index (χ1v) is 6.36. The van der Waals surface area contributed by atoms with Crippen LogP contribution >= 0.6 is 0 Å². The number of rotatable bonds is 3. The number of aromatic amines is 1. The van der Waals surface area contributed by atoms with Gasteiger partial charge in [0.1, 0.15) is 0 Å². The van der Waals surface area contributed by atoms with Crippen molar-refractivity contribution in [3.63, 3.8) is 0 Å². The van der Waals surface area contributed by atoms with E-state index in [9.17, 15) is 4.79 Å². The lowest BCUT2D eigenvalue weighted by molar-refractivity contribution is -0.0124. The molecule has 0 aliphatic heterocycles. The summed E-state index contributed by atoms with van der Waals surface area (Å²) >= 11 is 0. The van der Waals surface area contributed by atoms with Crippen LogP contribution in [0.4, 0.5) is 0 Å². The highest BCUT2D eigenvalue weighted by atomic mass is 16.7. The van der Waals surface area contributed by atoms with E-state index in [1.54, 1.807) is 6.07 Å². The third kappa shape index (κ3) is 2.24. The first kappa shape index (κ1) is 11.3. The molecule has 18 heavy (non-hydrogen) atoms.